The predicted molar refractivity (Wildman–Crippen MR) is 63.7 cm³/mol. The normalized spacial score (nSPS) is 11.2. The molecule has 0 aliphatic rings. The van der Waals surface area contributed by atoms with Gasteiger partial charge >= 0.3 is 0 Å². The van der Waals surface area contributed by atoms with Gasteiger partial charge in [0.15, 0.2) is 0 Å². The molecule has 0 atom stereocenters. The summed E-state index contributed by atoms with van der Waals surface area (Å²) in [5.74, 6) is 0. The average Bonchev–Trinajstić information content (AvgIpc) is 2.68. The minimum absolute atomic E-state index is 0.634. The van der Waals surface area contributed by atoms with E-state index >= 15 is 0 Å². The lowest BCUT2D eigenvalue weighted by Crippen LogP contribution is -2.28. The molecule has 1 aromatic heterocycles. The van der Waals surface area contributed by atoms with Crippen LogP contribution in [0, 0.1) is 0 Å². The van der Waals surface area contributed by atoms with E-state index in [0.717, 1.165) is 19.5 Å². The Morgan fingerprint density at radius 2 is 2.07 bits per heavy atom. The van der Waals surface area contributed by atoms with Crippen LogP contribution in [0.4, 0.5) is 0 Å². The average molecular weight is 209 g/mol. The minimum atomic E-state index is 0.634. The highest BCUT2D eigenvalue weighted by Crippen LogP contribution is 2.03. The molecular formula is C12H23N3. The van der Waals surface area contributed by atoms with Crippen molar-refractivity contribution in [1.82, 2.24) is 14.9 Å². The molecule has 0 aliphatic heterocycles. The van der Waals surface area contributed by atoms with Crippen molar-refractivity contribution in [2.24, 2.45) is 0 Å². The molecule has 0 spiro atoms. The fraction of sp³-hybridized carbons (Fsp3) is 0.750. The zero-order valence-corrected chi connectivity index (χ0v) is 10.2. The molecule has 1 N–H and O–H groups in total. The fourth-order valence-electron chi connectivity index (χ4n) is 1.76. The molecule has 3 nitrogen and oxygen atoms in total. The predicted octanol–water partition coefficient (Wildman–Crippen LogP) is 2.57. The van der Waals surface area contributed by atoms with Gasteiger partial charge in [-0.3, -0.25) is 0 Å². The molecule has 0 unspecified atom stereocenters. The molecular weight excluding hydrogens is 186 g/mol. The Morgan fingerprint density at radius 3 is 2.67 bits per heavy atom. The second-order valence-electron chi connectivity index (χ2n) is 3.97. The smallest absolute Gasteiger partial charge is 0.0948 e. The Balaban J connectivity index is 2.45. The zero-order chi connectivity index (χ0) is 11.1. The van der Waals surface area contributed by atoms with Gasteiger partial charge in [-0.2, -0.15) is 0 Å². The lowest BCUT2D eigenvalue weighted by Gasteiger charge is -2.15. The molecule has 1 rings (SSSR count). The number of hydrogen-bond acceptors (Lipinski definition) is 2. The van der Waals surface area contributed by atoms with E-state index in [9.17, 15) is 0 Å². The van der Waals surface area contributed by atoms with Crippen molar-refractivity contribution in [2.45, 2.75) is 59.2 Å². The number of aromatic nitrogens is 2. The van der Waals surface area contributed by atoms with Gasteiger partial charge in [-0.05, 0) is 19.3 Å². The van der Waals surface area contributed by atoms with Crippen molar-refractivity contribution in [1.29, 1.82) is 0 Å². The number of imidazole rings is 1. The molecule has 0 bridgehead atoms. The van der Waals surface area contributed by atoms with Gasteiger partial charge in [-0.1, -0.05) is 20.8 Å². The third kappa shape index (κ3) is 3.67. The highest BCUT2D eigenvalue weighted by Gasteiger charge is 2.05. The summed E-state index contributed by atoms with van der Waals surface area (Å²) in [7, 11) is 0. The molecule has 0 saturated carbocycles. The van der Waals surface area contributed by atoms with E-state index in [2.05, 4.69) is 35.6 Å². The fourth-order valence-corrected chi connectivity index (χ4v) is 1.76. The van der Waals surface area contributed by atoms with Crippen molar-refractivity contribution in [2.75, 3.05) is 0 Å². The van der Waals surface area contributed by atoms with E-state index in [1.807, 2.05) is 12.5 Å². The van der Waals surface area contributed by atoms with Gasteiger partial charge in [0, 0.05) is 25.3 Å². The van der Waals surface area contributed by atoms with Crippen molar-refractivity contribution < 1.29 is 0 Å². The van der Waals surface area contributed by atoms with E-state index in [0.29, 0.717) is 6.04 Å². The second kappa shape index (κ2) is 6.62. The van der Waals surface area contributed by atoms with E-state index in [1.54, 1.807) is 0 Å². The van der Waals surface area contributed by atoms with Gasteiger partial charge in [0.1, 0.15) is 0 Å². The summed E-state index contributed by atoms with van der Waals surface area (Å²) >= 11 is 0. The minimum Gasteiger partial charge on any atom is -0.333 e. The van der Waals surface area contributed by atoms with Crippen LogP contribution in [0.1, 0.15) is 45.7 Å². The molecule has 1 aromatic rings. The Morgan fingerprint density at radius 1 is 1.33 bits per heavy atom. The van der Waals surface area contributed by atoms with E-state index in [4.69, 9.17) is 0 Å². The maximum absolute atomic E-state index is 4.19. The van der Waals surface area contributed by atoms with Crippen molar-refractivity contribution in [3.63, 3.8) is 0 Å². The molecule has 86 valence electrons. The van der Waals surface area contributed by atoms with Crippen molar-refractivity contribution in [3.05, 3.63) is 18.2 Å². The van der Waals surface area contributed by atoms with Crippen LogP contribution in [0.5, 0.6) is 0 Å². The third-order valence-corrected chi connectivity index (χ3v) is 2.82. The Hall–Kier alpha value is -0.830. The first-order chi connectivity index (χ1) is 7.31. The molecule has 0 aliphatic carbocycles. The van der Waals surface area contributed by atoms with Gasteiger partial charge < -0.3 is 9.88 Å². The van der Waals surface area contributed by atoms with Crippen LogP contribution in [-0.4, -0.2) is 15.6 Å². The molecule has 0 saturated heterocycles. The lowest BCUT2D eigenvalue weighted by molar-refractivity contribution is 0.471. The molecule has 0 amide bonds. The van der Waals surface area contributed by atoms with Gasteiger partial charge in [0.25, 0.3) is 0 Å². The third-order valence-electron chi connectivity index (χ3n) is 2.82. The van der Waals surface area contributed by atoms with Gasteiger partial charge in [0.2, 0.25) is 0 Å². The summed E-state index contributed by atoms with van der Waals surface area (Å²) in [5.41, 5.74) is 1.30. The first kappa shape index (κ1) is 12.2. The Labute approximate surface area is 92.9 Å². The molecule has 0 aromatic carbocycles. The number of hydrogen-bond donors (Lipinski definition) is 1. The number of nitrogens with one attached hydrogen (secondary N) is 1. The van der Waals surface area contributed by atoms with Crippen LogP contribution in [-0.2, 0) is 13.1 Å². The standard InChI is InChI=1S/C12H23N3/c1-4-7-15-10-13-8-12(15)9-14-11(5-2)6-3/h8,10-11,14H,4-7,9H2,1-3H3. The summed E-state index contributed by atoms with van der Waals surface area (Å²) in [6.07, 6.45) is 7.43. The van der Waals surface area contributed by atoms with E-state index < -0.39 is 0 Å². The maximum Gasteiger partial charge on any atom is 0.0948 e. The lowest BCUT2D eigenvalue weighted by atomic mass is 10.2. The maximum atomic E-state index is 4.19. The summed E-state index contributed by atoms with van der Waals surface area (Å²) in [6, 6.07) is 0.634. The van der Waals surface area contributed by atoms with Crippen LogP contribution < -0.4 is 5.32 Å². The van der Waals surface area contributed by atoms with Crippen LogP contribution in [0.25, 0.3) is 0 Å². The van der Waals surface area contributed by atoms with Crippen molar-refractivity contribution >= 4 is 0 Å². The summed E-state index contributed by atoms with van der Waals surface area (Å²) in [4.78, 5) is 4.19. The first-order valence-corrected chi connectivity index (χ1v) is 6.04. The Kier molecular flexibility index (Phi) is 5.40. The topological polar surface area (TPSA) is 29.9 Å². The number of nitrogens with zero attached hydrogens (tertiary/aromatic N) is 2. The first-order valence-electron chi connectivity index (χ1n) is 6.04. The molecule has 3 heteroatoms. The monoisotopic (exact) mass is 209 g/mol. The van der Waals surface area contributed by atoms with Crippen LogP contribution in [0.3, 0.4) is 0 Å². The van der Waals surface area contributed by atoms with Crippen LogP contribution in [0.15, 0.2) is 12.5 Å². The molecule has 15 heavy (non-hydrogen) atoms. The van der Waals surface area contributed by atoms with Crippen LogP contribution >= 0.6 is 0 Å². The van der Waals surface area contributed by atoms with Crippen molar-refractivity contribution in [3.8, 4) is 0 Å². The van der Waals surface area contributed by atoms with Crippen LogP contribution in [0.2, 0.25) is 0 Å². The zero-order valence-electron chi connectivity index (χ0n) is 10.2. The SMILES string of the molecule is CCCn1cncc1CNC(CC)CC. The molecule has 0 radical (unpaired) electrons. The van der Waals surface area contributed by atoms with Gasteiger partial charge in [0.05, 0.1) is 12.0 Å². The second-order valence-corrected chi connectivity index (χ2v) is 3.97. The highest BCUT2D eigenvalue weighted by atomic mass is 15.1. The molecule has 1 heterocycles. The van der Waals surface area contributed by atoms with Gasteiger partial charge in [-0.25, -0.2) is 4.98 Å². The summed E-state index contributed by atoms with van der Waals surface area (Å²) < 4.78 is 2.23. The highest BCUT2D eigenvalue weighted by molar-refractivity contribution is 4.98. The molecule has 0 fully saturated rings. The largest absolute Gasteiger partial charge is 0.333 e. The number of rotatable bonds is 7. The van der Waals surface area contributed by atoms with E-state index in [1.165, 1.54) is 18.5 Å². The summed E-state index contributed by atoms with van der Waals surface area (Å²) in [5, 5.41) is 3.56. The quantitative estimate of drug-likeness (QED) is 0.748. The Bertz CT molecular complexity index is 264. The number of aryl methyl sites for hydroxylation is 1. The summed E-state index contributed by atoms with van der Waals surface area (Å²) in [6.45, 7) is 8.65. The van der Waals surface area contributed by atoms with E-state index in [-0.39, 0.29) is 0 Å². The van der Waals surface area contributed by atoms with Gasteiger partial charge in [-0.15, -0.1) is 0 Å².